The van der Waals surface area contributed by atoms with Gasteiger partial charge in [-0.25, -0.2) is 0 Å². The fourth-order valence-corrected chi connectivity index (χ4v) is 2.19. The first-order chi connectivity index (χ1) is 6.24. The van der Waals surface area contributed by atoms with Crippen molar-refractivity contribution in [3.63, 3.8) is 0 Å². The topological polar surface area (TPSA) is 37.3 Å². The number of hydrogen-bond donors (Lipinski definition) is 1. The van der Waals surface area contributed by atoms with Gasteiger partial charge in [0.15, 0.2) is 0 Å². The lowest BCUT2D eigenvalue weighted by atomic mass is 9.82. The number of aliphatic hydroxyl groups excluding tert-OH is 1. The lowest BCUT2D eigenvalue weighted by Crippen LogP contribution is -2.20. The molecule has 0 heterocycles. The molecule has 1 atom stereocenters. The van der Waals surface area contributed by atoms with Crippen LogP contribution in [0.15, 0.2) is 0 Å². The molecule has 13 heavy (non-hydrogen) atoms. The van der Waals surface area contributed by atoms with E-state index >= 15 is 0 Å². The van der Waals surface area contributed by atoms with E-state index in [1.807, 2.05) is 0 Å². The average molecular weight is 184 g/mol. The molecule has 0 spiro atoms. The summed E-state index contributed by atoms with van der Waals surface area (Å²) in [6, 6.07) is 0. The lowest BCUT2D eigenvalue weighted by molar-refractivity contribution is -0.122. The minimum absolute atomic E-state index is 0.0336. The third kappa shape index (κ3) is 3.47. The van der Waals surface area contributed by atoms with Crippen molar-refractivity contribution in [2.75, 3.05) is 6.61 Å². The van der Waals surface area contributed by atoms with E-state index in [4.69, 9.17) is 5.11 Å². The minimum atomic E-state index is -0.0944. The van der Waals surface area contributed by atoms with Gasteiger partial charge < -0.3 is 5.11 Å². The molecule has 0 amide bonds. The second kappa shape index (κ2) is 5.38. The van der Waals surface area contributed by atoms with E-state index in [2.05, 4.69) is 0 Å². The molecule has 2 heteroatoms. The van der Waals surface area contributed by atoms with Gasteiger partial charge in [-0.05, 0) is 19.3 Å². The molecule has 0 radical (unpaired) electrons. The maximum Gasteiger partial charge on any atom is 0.135 e. The van der Waals surface area contributed by atoms with Crippen molar-refractivity contribution in [1.29, 1.82) is 0 Å². The van der Waals surface area contributed by atoms with Gasteiger partial charge in [0.25, 0.3) is 0 Å². The summed E-state index contributed by atoms with van der Waals surface area (Å²) >= 11 is 0. The largest absolute Gasteiger partial charge is 0.396 e. The Hall–Kier alpha value is -0.370. The third-order valence-electron chi connectivity index (χ3n) is 3.14. The summed E-state index contributed by atoms with van der Waals surface area (Å²) in [6.07, 6.45) is 7.38. The van der Waals surface area contributed by atoms with Crippen LogP contribution < -0.4 is 0 Å². The number of ketones is 1. The van der Waals surface area contributed by atoms with E-state index in [-0.39, 0.29) is 18.3 Å². The third-order valence-corrected chi connectivity index (χ3v) is 3.14. The number of rotatable bonds is 4. The first kappa shape index (κ1) is 10.7. The zero-order chi connectivity index (χ0) is 9.68. The number of aliphatic hydroxyl groups is 1. The Morgan fingerprint density at radius 1 is 1.38 bits per heavy atom. The maximum absolute atomic E-state index is 11.1. The fourth-order valence-electron chi connectivity index (χ4n) is 2.19. The van der Waals surface area contributed by atoms with Crippen molar-refractivity contribution < 1.29 is 9.90 Å². The second-order valence-electron chi connectivity index (χ2n) is 4.23. The number of hydrogen-bond acceptors (Lipinski definition) is 2. The molecule has 2 nitrogen and oxygen atoms in total. The highest BCUT2D eigenvalue weighted by Gasteiger charge is 2.20. The monoisotopic (exact) mass is 184 g/mol. The maximum atomic E-state index is 11.1. The molecule has 1 unspecified atom stereocenters. The zero-order valence-electron chi connectivity index (χ0n) is 8.46. The van der Waals surface area contributed by atoms with Gasteiger partial charge in [0.1, 0.15) is 5.78 Å². The molecule has 1 N–H and O–H groups in total. The van der Waals surface area contributed by atoms with Gasteiger partial charge >= 0.3 is 0 Å². The van der Waals surface area contributed by atoms with Gasteiger partial charge in [-0.15, -0.1) is 0 Å². The van der Waals surface area contributed by atoms with Crippen LogP contribution in [0.25, 0.3) is 0 Å². The van der Waals surface area contributed by atoms with Crippen molar-refractivity contribution >= 4 is 5.78 Å². The number of carbonyl (C=O) groups is 1. The Balaban J connectivity index is 2.31. The molecule has 76 valence electrons. The Kier molecular flexibility index (Phi) is 4.43. The Labute approximate surface area is 80.3 Å². The van der Waals surface area contributed by atoms with Crippen LogP contribution in [0.2, 0.25) is 0 Å². The first-order valence-corrected chi connectivity index (χ1v) is 5.35. The predicted octanol–water partition coefficient (Wildman–Crippen LogP) is 2.15. The predicted molar refractivity (Wildman–Crippen MR) is 52.4 cm³/mol. The van der Waals surface area contributed by atoms with Gasteiger partial charge in [0, 0.05) is 5.92 Å². The molecule has 0 aromatic rings. The van der Waals surface area contributed by atoms with E-state index in [0.29, 0.717) is 5.92 Å². The molecule has 0 aromatic heterocycles. The SMILES string of the molecule is CC(=O)C(CO)CC1CCCCC1. The van der Waals surface area contributed by atoms with E-state index in [1.54, 1.807) is 6.92 Å². The van der Waals surface area contributed by atoms with Crippen molar-refractivity contribution in [2.45, 2.75) is 45.4 Å². The fraction of sp³-hybridized carbons (Fsp3) is 0.909. The second-order valence-corrected chi connectivity index (χ2v) is 4.23. The van der Waals surface area contributed by atoms with Crippen LogP contribution in [0.4, 0.5) is 0 Å². The minimum Gasteiger partial charge on any atom is -0.396 e. The summed E-state index contributed by atoms with van der Waals surface area (Å²) in [5.74, 6) is 0.742. The number of Topliss-reactive ketones (excluding diaryl/α,β-unsaturated/α-hetero) is 1. The molecule has 1 aliphatic carbocycles. The van der Waals surface area contributed by atoms with E-state index in [1.165, 1.54) is 32.1 Å². The van der Waals surface area contributed by atoms with Gasteiger partial charge in [-0.3, -0.25) is 4.79 Å². The standard InChI is InChI=1S/C11H20O2/c1-9(13)11(8-12)7-10-5-3-2-4-6-10/h10-12H,2-8H2,1H3. The van der Waals surface area contributed by atoms with Crippen LogP contribution in [0.1, 0.15) is 45.4 Å². The van der Waals surface area contributed by atoms with Crippen molar-refractivity contribution in [3.05, 3.63) is 0 Å². The number of carbonyl (C=O) groups excluding carboxylic acids is 1. The van der Waals surface area contributed by atoms with Gasteiger partial charge in [-0.1, -0.05) is 32.1 Å². The Morgan fingerprint density at radius 3 is 2.46 bits per heavy atom. The molecule has 1 aliphatic rings. The average Bonchev–Trinajstić information content (AvgIpc) is 2.15. The van der Waals surface area contributed by atoms with Crippen molar-refractivity contribution in [2.24, 2.45) is 11.8 Å². The first-order valence-electron chi connectivity index (χ1n) is 5.35. The van der Waals surface area contributed by atoms with Crippen molar-refractivity contribution in [3.8, 4) is 0 Å². The van der Waals surface area contributed by atoms with Crippen molar-refractivity contribution in [1.82, 2.24) is 0 Å². The van der Waals surface area contributed by atoms with Crippen LogP contribution in [-0.4, -0.2) is 17.5 Å². The van der Waals surface area contributed by atoms with Crippen LogP contribution >= 0.6 is 0 Å². The van der Waals surface area contributed by atoms with Gasteiger partial charge in [0.05, 0.1) is 6.61 Å². The van der Waals surface area contributed by atoms with Crippen LogP contribution in [-0.2, 0) is 4.79 Å². The molecular weight excluding hydrogens is 164 g/mol. The van der Waals surface area contributed by atoms with Gasteiger partial charge in [-0.2, -0.15) is 0 Å². The summed E-state index contributed by atoms with van der Waals surface area (Å²) in [5, 5.41) is 9.01. The highest BCUT2D eigenvalue weighted by atomic mass is 16.3. The lowest BCUT2D eigenvalue weighted by Gasteiger charge is -2.24. The quantitative estimate of drug-likeness (QED) is 0.727. The normalized spacial score (nSPS) is 21.4. The molecular formula is C11H20O2. The van der Waals surface area contributed by atoms with Crippen LogP contribution in [0.3, 0.4) is 0 Å². The molecule has 0 bridgehead atoms. The summed E-state index contributed by atoms with van der Waals surface area (Å²) < 4.78 is 0. The van der Waals surface area contributed by atoms with E-state index in [9.17, 15) is 4.79 Å². The van der Waals surface area contributed by atoms with Crippen LogP contribution in [0.5, 0.6) is 0 Å². The van der Waals surface area contributed by atoms with E-state index in [0.717, 1.165) is 6.42 Å². The molecule has 0 aliphatic heterocycles. The molecule has 1 rings (SSSR count). The summed E-state index contributed by atoms with van der Waals surface area (Å²) in [5.41, 5.74) is 0. The van der Waals surface area contributed by atoms with E-state index < -0.39 is 0 Å². The summed E-state index contributed by atoms with van der Waals surface area (Å²) in [6.45, 7) is 1.62. The van der Waals surface area contributed by atoms with Gasteiger partial charge in [0.2, 0.25) is 0 Å². The molecule has 1 saturated carbocycles. The molecule has 0 saturated heterocycles. The highest BCUT2D eigenvalue weighted by Crippen LogP contribution is 2.29. The molecule has 1 fully saturated rings. The zero-order valence-corrected chi connectivity index (χ0v) is 8.46. The Bertz CT molecular complexity index is 159. The van der Waals surface area contributed by atoms with Crippen LogP contribution in [0, 0.1) is 11.8 Å². The smallest absolute Gasteiger partial charge is 0.135 e. The summed E-state index contributed by atoms with van der Waals surface area (Å²) in [7, 11) is 0. The highest BCUT2D eigenvalue weighted by molar-refractivity contribution is 5.78. The molecule has 0 aromatic carbocycles. The summed E-state index contributed by atoms with van der Waals surface area (Å²) in [4.78, 5) is 11.1. The Morgan fingerprint density at radius 2 is 2.00 bits per heavy atom.